The van der Waals surface area contributed by atoms with Crippen molar-refractivity contribution in [3.63, 3.8) is 0 Å². The molecule has 1 N–H and O–H groups in total. The van der Waals surface area contributed by atoms with Crippen LogP contribution in [-0.4, -0.2) is 19.1 Å². The number of nitrogens with one attached hydrogen (secondary N) is 1. The van der Waals surface area contributed by atoms with E-state index in [2.05, 4.69) is 5.32 Å². The third kappa shape index (κ3) is 4.75. The highest BCUT2D eigenvalue weighted by Crippen LogP contribution is 2.33. The van der Waals surface area contributed by atoms with Crippen LogP contribution in [0.3, 0.4) is 0 Å². The van der Waals surface area contributed by atoms with Gasteiger partial charge in [-0.25, -0.2) is 0 Å². The number of ether oxygens (including phenoxy) is 3. The van der Waals surface area contributed by atoms with Gasteiger partial charge in [-0.3, -0.25) is 4.79 Å². The lowest BCUT2D eigenvalue weighted by molar-refractivity contribution is 0.102. The maximum atomic E-state index is 12.6. The van der Waals surface area contributed by atoms with Crippen molar-refractivity contribution in [3.8, 4) is 17.2 Å². The summed E-state index contributed by atoms with van der Waals surface area (Å²) in [6.45, 7) is 1.27. The minimum atomic E-state index is -0.232. The molecule has 1 aliphatic rings. The van der Waals surface area contributed by atoms with Gasteiger partial charge in [0.15, 0.2) is 11.5 Å². The summed E-state index contributed by atoms with van der Waals surface area (Å²) in [5, 5.41) is 3.88. The number of carbonyl (C=O) groups excluding carboxylic acids is 1. The molecule has 29 heavy (non-hydrogen) atoms. The van der Waals surface area contributed by atoms with E-state index in [9.17, 15) is 4.79 Å². The zero-order chi connectivity index (χ0) is 20.2. The number of halogens is 2. The molecule has 0 atom stereocenters. The van der Waals surface area contributed by atoms with Crippen molar-refractivity contribution in [2.24, 2.45) is 0 Å². The number of carbonyl (C=O) groups is 1. The first-order valence-corrected chi connectivity index (χ1v) is 9.72. The molecule has 0 aromatic heterocycles. The van der Waals surface area contributed by atoms with E-state index in [0.717, 1.165) is 5.56 Å². The molecular formula is C22H17Cl2NO4. The van der Waals surface area contributed by atoms with E-state index >= 15 is 0 Å². The summed E-state index contributed by atoms with van der Waals surface area (Å²) in [4.78, 5) is 12.6. The van der Waals surface area contributed by atoms with Gasteiger partial charge in [0.2, 0.25) is 0 Å². The van der Waals surface area contributed by atoms with Gasteiger partial charge in [0.25, 0.3) is 5.91 Å². The molecule has 0 aliphatic carbocycles. The third-order valence-corrected chi connectivity index (χ3v) is 4.82. The number of amides is 1. The maximum absolute atomic E-state index is 12.6. The van der Waals surface area contributed by atoms with E-state index < -0.39 is 0 Å². The van der Waals surface area contributed by atoms with Crippen molar-refractivity contribution >= 4 is 34.8 Å². The summed E-state index contributed by atoms with van der Waals surface area (Å²) in [6.07, 6.45) is 0. The normalized spacial score (nSPS) is 12.3. The summed E-state index contributed by atoms with van der Waals surface area (Å²) >= 11 is 12.1. The highest BCUT2D eigenvalue weighted by atomic mass is 35.5. The predicted molar refractivity (Wildman–Crippen MR) is 113 cm³/mol. The fourth-order valence-corrected chi connectivity index (χ4v) is 3.21. The van der Waals surface area contributed by atoms with Crippen LogP contribution < -0.4 is 19.5 Å². The number of anilines is 1. The van der Waals surface area contributed by atoms with E-state index in [1.54, 1.807) is 54.6 Å². The average Bonchev–Trinajstić information content (AvgIpc) is 2.74. The van der Waals surface area contributed by atoms with Gasteiger partial charge in [0.05, 0.1) is 5.02 Å². The lowest BCUT2D eigenvalue weighted by Crippen LogP contribution is -2.16. The average molecular weight is 430 g/mol. The quantitative estimate of drug-likeness (QED) is 0.573. The molecule has 1 aliphatic heterocycles. The highest BCUT2D eigenvalue weighted by molar-refractivity contribution is 6.34. The number of rotatable bonds is 5. The van der Waals surface area contributed by atoms with E-state index in [-0.39, 0.29) is 12.5 Å². The molecule has 0 spiro atoms. The van der Waals surface area contributed by atoms with Gasteiger partial charge >= 0.3 is 0 Å². The molecule has 0 radical (unpaired) electrons. The van der Waals surface area contributed by atoms with Crippen LogP contribution in [0.4, 0.5) is 5.69 Å². The zero-order valence-corrected chi connectivity index (χ0v) is 16.8. The summed E-state index contributed by atoms with van der Waals surface area (Å²) < 4.78 is 16.8. The molecule has 0 unspecified atom stereocenters. The maximum Gasteiger partial charge on any atom is 0.255 e. The first-order chi connectivity index (χ1) is 14.1. The van der Waals surface area contributed by atoms with Gasteiger partial charge in [-0.1, -0.05) is 35.3 Å². The van der Waals surface area contributed by atoms with Crippen LogP contribution in [0, 0.1) is 0 Å². The zero-order valence-electron chi connectivity index (χ0n) is 15.3. The minimum absolute atomic E-state index is 0.232. The molecule has 148 valence electrons. The van der Waals surface area contributed by atoms with Crippen molar-refractivity contribution in [2.75, 3.05) is 18.5 Å². The Labute approximate surface area is 178 Å². The van der Waals surface area contributed by atoms with Gasteiger partial charge in [-0.15, -0.1) is 0 Å². The fraction of sp³-hybridized carbons (Fsp3) is 0.136. The number of fused-ring (bicyclic) bond motifs is 1. The SMILES string of the molecule is O=C(Nc1ccc2c(c1)OCCO2)c1cccc(COc2cc(Cl)ccc2Cl)c1. The van der Waals surface area contributed by atoms with Crippen molar-refractivity contribution < 1.29 is 19.0 Å². The first-order valence-electron chi connectivity index (χ1n) is 8.96. The number of hydrogen-bond acceptors (Lipinski definition) is 4. The molecule has 3 aromatic carbocycles. The molecule has 1 heterocycles. The lowest BCUT2D eigenvalue weighted by Gasteiger charge is -2.19. The standard InChI is InChI=1S/C22H17Cl2NO4/c23-16-4-6-18(24)20(11-16)29-13-14-2-1-3-15(10-14)22(26)25-17-5-7-19-21(12-17)28-9-8-27-19/h1-7,10-12H,8-9,13H2,(H,25,26). The van der Waals surface area contributed by atoms with E-state index in [1.807, 2.05) is 6.07 Å². The monoisotopic (exact) mass is 429 g/mol. The van der Waals surface area contributed by atoms with E-state index in [4.69, 9.17) is 37.4 Å². The van der Waals surface area contributed by atoms with Gasteiger partial charge in [0, 0.05) is 28.4 Å². The molecule has 3 aromatic rings. The Balaban J connectivity index is 1.44. The van der Waals surface area contributed by atoms with Crippen LogP contribution in [0.5, 0.6) is 17.2 Å². The Morgan fingerprint density at radius 1 is 0.966 bits per heavy atom. The summed E-state index contributed by atoms with van der Waals surface area (Å²) in [6, 6.07) is 17.5. The lowest BCUT2D eigenvalue weighted by atomic mass is 10.1. The van der Waals surface area contributed by atoms with Gasteiger partial charge < -0.3 is 19.5 Å². The molecule has 0 saturated heterocycles. The Kier molecular flexibility index (Phi) is 5.79. The summed E-state index contributed by atoms with van der Waals surface area (Å²) in [5.41, 5.74) is 1.97. The molecule has 4 rings (SSSR count). The molecular weight excluding hydrogens is 413 g/mol. The molecule has 0 saturated carbocycles. The van der Waals surface area contributed by atoms with Crippen LogP contribution in [-0.2, 0) is 6.61 Å². The Bertz CT molecular complexity index is 1050. The second-order valence-electron chi connectivity index (χ2n) is 6.38. The third-order valence-electron chi connectivity index (χ3n) is 4.28. The second kappa shape index (κ2) is 8.64. The fourth-order valence-electron chi connectivity index (χ4n) is 2.88. The number of hydrogen-bond donors (Lipinski definition) is 1. The van der Waals surface area contributed by atoms with Gasteiger partial charge in [-0.05, 0) is 42.0 Å². The predicted octanol–water partition coefficient (Wildman–Crippen LogP) is 5.60. The van der Waals surface area contributed by atoms with Crippen LogP contribution in [0.2, 0.25) is 10.0 Å². The van der Waals surface area contributed by atoms with Crippen LogP contribution in [0.1, 0.15) is 15.9 Å². The largest absolute Gasteiger partial charge is 0.487 e. The van der Waals surface area contributed by atoms with Crippen LogP contribution >= 0.6 is 23.2 Å². The topological polar surface area (TPSA) is 56.8 Å². The first kappa shape index (κ1) is 19.4. The minimum Gasteiger partial charge on any atom is -0.487 e. The van der Waals surface area contributed by atoms with Gasteiger partial charge in [-0.2, -0.15) is 0 Å². The van der Waals surface area contributed by atoms with E-state index in [1.165, 1.54) is 0 Å². The van der Waals surface area contributed by atoms with E-state index in [0.29, 0.717) is 51.8 Å². The second-order valence-corrected chi connectivity index (χ2v) is 7.22. The molecule has 7 heteroatoms. The van der Waals surface area contributed by atoms with Gasteiger partial charge in [0.1, 0.15) is 25.6 Å². The highest BCUT2D eigenvalue weighted by Gasteiger charge is 2.14. The van der Waals surface area contributed by atoms with Crippen molar-refractivity contribution in [3.05, 3.63) is 81.8 Å². The molecule has 0 fully saturated rings. The molecule has 5 nitrogen and oxygen atoms in total. The van der Waals surface area contributed by atoms with Crippen molar-refractivity contribution in [1.82, 2.24) is 0 Å². The molecule has 0 bridgehead atoms. The Morgan fingerprint density at radius 2 is 1.79 bits per heavy atom. The number of benzene rings is 3. The Morgan fingerprint density at radius 3 is 2.66 bits per heavy atom. The van der Waals surface area contributed by atoms with Crippen molar-refractivity contribution in [2.45, 2.75) is 6.61 Å². The Hall–Kier alpha value is -2.89. The van der Waals surface area contributed by atoms with Crippen LogP contribution in [0.15, 0.2) is 60.7 Å². The van der Waals surface area contributed by atoms with Crippen molar-refractivity contribution in [1.29, 1.82) is 0 Å². The van der Waals surface area contributed by atoms with Crippen LogP contribution in [0.25, 0.3) is 0 Å². The summed E-state index contributed by atoms with van der Waals surface area (Å²) in [7, 11) is 0. The molecule has 1 amide bonds. The smallest absolute Gasteiger partial charge is 0.255 e. The summed E-state index contributed by atoms with van der Waals surface area (Å²) in [5.74, 6) is 1.55.